The summed E-state index contributed by atoms with van der Waals surface area (Å²) in [4.78, 5) is 26.1. The van der Waals surface area contributed by atoms with Gasteiger partial charge in [0, 0.05) is 24.1 Å². The third-order valence-electron chi connectivity index (χ3n) is 5.41. The van der Waals surface area contributed by atoms with Gasteiger partial charge >= 0.3 is 5.56 Å². The van der Waals surface area contributed by atoms with Gasteiger partial charge in [-0.3, -0.25) is 18.6 Å². The van der Waals surface area contributed by atoms with Crippen LogP contribution in [-0.4, -0.2) is 37.4 Å². The Labute approximate surface area is 195 Å². The lowest BCUT2D eigenvalue weighted by atomic mass is 10.1. The van der Waals surface area contributed by atoms with E-state index < -0.39 is 5.25 Å². The second kappa shape index (κ2) is 9.50. The van der Waals surface area contributed by atoms with Gasteiger partial charge in [0.15, 0.2) is 5.16 Å². The first-order valence-electron chi connectivity index (χ1n) is 10.6. The molecule has 4 aromatic rings. The summed E-state index contributed by atoms with van der Waals surface area (Å²) in [5.74, 6) is 0.541. The molecule has 0 saturated carbocycles. The molecule has 4 rings (SSSR count). The molecule has 8 nitrogen and oxygen atoms in total. The van der Waals surface area contributed by atoms with Crippen LogP contribution in [0.1, 0.15) is 24.5 Å². The van der Waals surface area contributed by atoms with E-state index in [9.17, 15) is 9.59 Å². The van der Waals surface area contributed by atoms with Crippen molar-refractivity contribution in [1.82, 2.24) is 19.2 Å². The monoisotopic (exact) mass is 463 g/mol. The van der Waals surface area contributed by atoms with Crippen LogP contribution in [0.15, 0.2) is 64.8 Å². The number of aromatic nitrogens is 4. The number of carbonyl (C=O) groups excluding carboxylic acids is 1. The van der Waals surface area contributed by atoms with E-state index in [0.717, 1.165) is 16.8 Å². The summed E-state index contributed by atoms with van der Waals surface area (Å²) in [6.07, 6.45) is 3.99. The fourth-order valence-electron chi connectivity index (χ4n) is 3.57. The molecule has 170 valence electrons. The molecule has 0 radical (unpaired) electrons. The van der Waals surface area contributed by atoms with Crippen LogP contribution in [-0.2, 0) is 4.79 Å². The Morgan fingerprint density at radius 3 is 2.55 bits per heavy atom. The standard InChI is InChI=1S/C24H25N5O3S/c1-5-19(22(30)25-20-15(2)8-6-9-16(20)3)33-24-27-26-21-23(31)28(12-13-29(21)24)17-10-7-11-18(14-17)32-4/h6-14,19H,5H2,1-4H3,(H,25,30)/t19-/m0/s1. The summed E-state index contributed by atoms with van der Waals surface area (Å²) in [7, 11) is 1.58. The molecule has 0 aliphatic carbocycles. The van der Waals surface area contributed by atoms with Crippen molar-refractivity contribution >= 4 is 29.0 Å². The summed E-state index contributed by atoms with van der Waals surface area (Å²) in [5, 5.41) is 11.4. The van der Waals surface area contributed by atoms with E-state index in [1.807, 2.05) is 57.2 Å². The highest BCUT2D eigenvalue weighted by Crippen LogP contribution is 2.27. The van der Waals surface area contributed by atoms with Crippen molar-refractivity contribution in [2.75, 3.05) is 12.4 Å². The first-order valence-corrected chi connectivity index (χ1v) is 11.5. The number of benzene rings is 2. The Hall–Kier alpha value is -3.59. The zero-order valence-electron chi connectivity index (χ0n) is 18.9. The van der Waals surface area contributed by atoms with Crippen molar-refractivity contribution in [3.8, 4) is 11.4 Å². The predicted molar refractivity (Wildman–Crippen MR) is 130 cm³/mol. The van der Waals surface area contributed by atoms with Gasteiger partial charge in [0.1, 0.15) is 5.75 Å². The molecule has 0 fully saturated rings. The molecule has 1 amide bonds. The molecule has 2 aromatic heterocycles. The third-order valence-corrected chi connectivity index (χ3v) is 6.73. The van der Waals surface area contributed by atoms with Crippen LogP contribution in [0, 0.1) is 13.8 Å². The number of hydrogen-bond donors (Lipinski definition) is 1. The number of fused-ring (bicyclic) bond motifs is 1. The van der Waals surface area contributed by atoms with E-state index in [4.69, 9.17) is 4.74 Å². The number of thioether (sulfide) groups is 1. The van der Waals surface area contributed by atoms with Crippen molar-refractivity contribution < 1.29 is 9.53 Å². The third kappa shape index (κ3) is 4.49. The molecule has 0 bridgehead atoms. The normalized spacial score (nSPS) is 12.0. The largest absolute Gasteiger partial charge is 0.497 e. The average molecular weight is 464 g/mol. The SMILES string of the molecule is CC[C@H](Sc1nnc2c(=O)n(-c3cccc(OC)c3)ccn12)C(=O)Nc1c(C)cccc1C. The summed E-state index contributed by atoms with van der Waals surface area (Å²) in [6.45, 7) is 5.88. The first-order chi connectivity index (χ1) is 15.9. The molecule has 2 heterocycles. The van der Waals surface area contributed by atoms with Crippen molar-refractivity contribution in [1.29, 1.82) is 0 Å². The zero-order valence-corrected chi connectivity index (χ0v) is 19.7. The molecule has 33 heavy (non-hydrogen) atoms. The second-order valence-corrected chi connectivity index (χ2v) is 8.79. The number of rotatable bonds is 7. The maximum absolute atomic E-state index is 13.1. The van der Waals surface area contributed by atoms with Gasteiger partial charge in [0.25, 0.3) is 0 Å². The zero-order chi connectivity index (χ0) is 23.5. The van der Waals surface area contributed by atoms with Gasteiger partial charge in [-0.2, -0.15) is 0 Å². The predicted octanol–water partition coefficient (Wildman–Crippen LogP) is 4.02. The Kier molecular flexibility index (Phi) is 6.50. The van der Waals surface area contributed by atoms with Gasteiger partial charge in [-0.1, -0.05) is 43.0 Å². The Morgan fingerprint density at radius 2 is 1.85 bits per heavy atom. The van der Waals surface area contributed by atoms with Crippen molar-refractivity contribution in [2.24, 2.45) is 0 Å². The summed E-state index contributed by atoms with van der Waals surface area (Å²) < 4.78 is 8.37. The van der Waals surface area contributed by atoms with Crippen molar-refractivity contribution in [3.05, 3.63) is 76.3 Å². The molecular weight excluding hydrogens is 438 g/mol. The summed E-state index contributed by atoms with van der Waals surface area (Å²) >= 11 is 1.29. The molecule has 0 saturated heterocycles. The number of amides is 1. The molecule has 1 atom stereocenters. The fraction of sp³-hybridized carbons (Fsp3) is 0.250. The highest BCUT2D eigenvalue weighted by Gasteiger charge is 2.23. The number of nitrogens with one attached hydrogen (secondary N) is 1. The Morgan fingerprint density at radius 1 is 1.12 bits per heavy atom. The minimum absolute atomic E-state index is 0.110. The van der Waals surface area contributed by atoms with E-state index in [2.05, 4.69) is 15.5 Å². The number of nitrogens with zero attached hydrogens (tertiary/aromatic N) is 4. The highest BCUT2D eigenvalue weighted by molar-refractivity contribution is 8.00. The van der Waals surface area contributed by atoms with E-state index in [0.29, 0.717) is 23.0 Å². The van der Waals surface area contributed by atoms with Crippen molar-refractivity contribution in [3.63, 3.8) is 0 Å². The van der Waals surface area contributed by atoms with E-state index in [-0.39, 0.29) is 17.1 Å². The van der Waals surface area contributed by atoms with Crippen LogP contribution < -0.4 is 15.6 Å². The van der Waals surface area contributed by atoms with Gasteiger partial charge in [-0.25, -0.2) is 0 Å². The minimum Gasteiger partial charge on any atom is -0.497 e. The summed E-state index contributed by atoms with van der Waals surface area (Å²) in [6, 6.07) is 13.1. The average Bonchev–Trinajstić information content (AvgIpc) is 3.23. The van der Waals surface area contributed by atoms with Crippen LogP contribution in [0.25, 0.3) is 11.3 Å². The van der Waals surface area contributed by atoms with Gasteiger partial charge in [-0.05, 0) is 43.5 Å². The Bertz CT molecular complexity index is 1360. The van der Waals surface area contributed by atoms with E-state index >= 15 is 0 Å². The molecule has 1 N–H and O–H groups in total. The number of aryl methyl sites for hydroxylation is 2. The Balaban J connectivity index is 1.61. The smallest absolute Gasteiger partial charge is 0.300 e. The highest BCUT2D eigenvalue weighted by atomic mass is 32.2. The van der Waals surface area contributed by atoms with Crippen molar-refractivity contribution in [2.45, 2.75) is 37.6 Å². The van der Waals surface area contributed by atoms with Gasteiger partial charge < -0.3 is 10.1 Å². The number of carbonyl (C=O) groups is 1. The van der Waals surface area contributed by atoms with Crippen LogP contribution in [0.5, 0.6) is 5.75 Å². The number of methoxy groups -OCH3 is 1. The molecule has 0 spiro atoms. The van der Waals surface area contributed by atoms with E-state index in [1.54, 1.807) is 30.0 Å². The molecule has 0 aliphatic rings. The topological polar surface area (TPSA) is 90.5 Å². The summed E-state index contributed by atoms with van der Waals surface area (Å²) in [5.41, 5.74) is 3.39. The van der Waals surface area contributed by atoms with Crippen LogP contribution in [0.2, 0.25) is 0 Å². The quantitative estimate of drug-likeness (QED) is 0.417. The van der Waals surface area contributed by atoms with Gasteiger partial charge in [-0.15, -0.1) is 10.2 Å². The molecule has 0 unspecified atom stereocenters. The minimum atomic E-state index is -0.391. The molecular formula is C24H25N5O3S. The maximum atomic E-state index is 13.1. The molecule has 9 heteroatoms. The van der Waals surface area contributed by atoms with E-state index in [1.165, 1.54) is 16.3 Å². The maximum Gasteiger partial charge on any atom is 0.300 e. The molecule has 2 aromatic carbocycles. The van der Waals surface area contributed by atoms with Crippen LogP contribution in [0.4, 0.5) is 5.69 Å². The first kappa shape index (κ1) is 22.6. The van der Waals surface area contributed by atoms with Crippen LogP contribution >= 0.6 is 11.8 Å². The number of anilines is 1. The number of ether oxygens (including phenoxy) is 1. The number of hydrogen-bond acceptors (Lipinski definition) is 6. The number of para-hydroxylation sites is 1. The fourth-order valence-corrected chi connectivity index (χ4v) is 4.51. The van der Waals surface area contributed by atoms with Gasteiger partial charge in [0.2, 0.25) is 11.6 Å². The lowest BCUT2D eigenvalue weighted by Gasteiger charge is -2.16. The second-order valence-electron chi connectivity index (χ2n) is 7.62. The molecule has 0 aliphatic heterocycles. The van der Waals surface area contributed by atoms with Crippen LogP contribution in [0.3, 0.4) is 0 Å². The lowest BCUT2D eigenvalue weighted by Crippen LogP contribution is -2.26. The van der Waals surface area contributed by atoms with Gasteiger partial charge in [0.05, 0.1) is 18.0 Å². The lowest BCUT2D eigenvalue weighted by molar-refractivity contribution is -0.115.